The van der Waals surface area contributed by atoms with Crippen molar-refractivity contribution in [2.45, 2.75) is 24.9 Å². The Morgan fingerprint density at radius 2 is 2.32 bits per heavy atom. The Morgan fingerprint density at radius 1 is 1.48 bits per heavy atom. The molecule has 0 bridgehead atoms. The third-order valence-corrected chi connectivity index (χ3v) is 6.32. The Bertz CT molecular complexity index is 741. The standard InChI is InChI=1S/C17H22Cl2N4OS/c1-2-3-4-8-20-15-10-22(11-19)12-23(15,24)17-21-14-7-5-6-13(9-18)16(14)25-17/h2,5-7,15,20H,1,3-4,8-12H2. The molecule has 1 N–H and O–H groups in total. The van der Waals surface area contributed by atoms with Gasteiger partial charge in [0.2, 0.25) is 0 Å². The first-order valence-electron chi connectivity index (χ1n) is 8.28. The van der Waals surface area contributed by atoms with E-state index in [1.54, 1.807) is 0 Å². The number of quaternary nitrogens is 1. The monoisotopic (exact) mass is 400 g/mol. The molecule has 5 nitrogen and oxygen atoms in total. The summed E-state index contributed by atoms with van der Waals surface area (Å²) in [6.07, 6.45) is 3.50. The number of hydrogen-bond donors (Lipinski definition) is 1. The van der Waals surface area contributed by atoms with Gasteiger partial charge in [-0.3, -0.25) is 9.96 Å². The maximum atomic E-state index is 13.7. The van der Waals surface area contributed by atoms with Crippen LogP contribution in [0.1, 0.15) is 18.4 Å². The van der Waals surface area contributed by atoms with Crippen molar-refractivity contribution < 1.29 is 0 Å². The number of alkyl halides is 2. The first-order valence-corrected chi connectivity index (χ1v) is 10.2. The zero-order chi connectivity index (χ0) is 17.9. The summed E-state index contributed by atoms with van der Waals surface area (Å²) in [5.41, 5.74) is 1.85. The van der Waals surface area contributed by atoms with Gasteiger partial charge in [0.05, 0.1) is 22.8 Å². The Kier molecular flexibility index (Phi) is 6.33. The summed E-state index contributed by atoms with van der Waals surface area (Å²) in [5, 5.41) is 17.7. The molecule has 2 heterocycles. The van der Waals surface area contributed by atoms with Gasteiger partial charge in [-0.05, 0) is 24.5 Å². The fourth-order valence-electron chi connectivity index (χ4n) is 3.10. The molecular formula is C17H22Cl2N4OS. The number of nitrogens with one attached hydrogen (secondary N) is 1. The molecule has 2 atom stereocenters. The minimum atomic E-state index is -0.512. The molecule has 1 aliphatic rings. The van der Waals surface area contributed by atoms with Crippen molar-refractivity contribution in [3.05, 3.63) is 41.6 Å². The fourth-order valence-corrected chi connectivity index (χ4v) is 4.73. The Labute approximate surface area is 162 Å². The Morgan fingerprint density at radius 3 is 3.04 bits per heavy atom. The average molecular weight is 401 g/mol. The van der Waals surface area contributed by atoms with Gasteiger partial charge in [0, 0.05) is 12.4 Å². The van der Waals surface area contributed by atoms with Gasteiger partial charge in [-0.25, -0.2) is 4.90 Å². The molecule has 8 heteroatoms. The van der Waals surface area contributed by atoms with E-state index < -0.39 is 4.65 Å². The van der Waals surface area contributed by atoms with Crippen LogP contribution in [0.25, 0.3) is 10.2 Å². The van der Waals surface area contributed by atoms with Gasteiger partial charge in [-0.2, -0.15) is 4.98 Å². The van der Waals surface area contributed by atoms with Crippen LogP contribution in [-0.2, 0) is 5.88 Å². The third-order valence-electron chi connectivity index (χ3n) is 4.43. The Balaban J connectivity index is 1.89. The smallest absolute Gasteiger partial charge is 0.289 e. The predicted molar refractivity (Wildman–Crippen MR) is 108 cm³/mol. The number of hydrogen-bond acceptors (Lipinski definition) is 5. The van der Waals surface area contributed by atoms with Crippen molar-refractivity contribution in [3.8, 4) is 0 Å². The number of thiazole rings is 1. The molecule has 1 aliphatic heterocycles. The largest absolute Gasteiger partial charge is 0.623 e. The van der Waals surface area contributed by atoms with Crippen LogP contribution in [0.3, 0.4) is 0 Å². The van der Waals surface area contributed by atoms with Crippen molar-refractivity contribution >= 4 is 49.9 Å². The molecule has 0 radical (unpaired) electrons. The van der Waals surface area contributed by atoms with Gasteiger partial charge < -0.3 is 5.21 Å². The van der Waals surface area contributed by atoms with Gasteiger partial charge >= 0.3 is 0 Å². The highest BCUT2D eigenvalue weighted by molar-refractivity contribution is 7.22. The van der Waals surface area contributed by atoms with Gasteiger partial charge in [-0.15, -0.1) is 29.8 Å². The summed E-state index contributed by atoms with van der Waals surface area (Å²) in [4.78, 5) is 6.58. The van der Waals surface area contributed by atoms with Crippen molar-refractivity contribution in [1.29, 1.82) is 0 Å². The Hall–Kier alpha value is -0.730. The van der Waals surface area contributed by atoms with Crippen molar-refractivity contribution in [1.82, 2.24) is 19.8 Å². The minimum Gasteiger partial charge on any atom is -0.623 e. The van der Waals surface area contributed by atoms with Crippen LogP contribution in [0.15, 0.2) is 30.9 Å². The molecular weight excluding hydrogens is 379 g/mol. The highest BCUT2D eigenvalue weighted by Gasteiger charge is 2.43. The maximum Gasteiger partial charge on any atom is 0.289 e. The molecule has 0 spiro atoms. The quantitative estimate of drug-likeness (QED) is 0.180. The summed E-state index contributed by atoms with van der Waals surface area (Å²) >= 11 is 13.5. The SMILES string of the molecule is C=CCCCNC1CN(CCl)C[N+]1([O-])c1nc2cccc(CCl)c2s1. The molecule has 1 aromatic carbocycles. The second kappa shape index (κ2) is 8.31. The van der Waals surface area contributed by atoms with Crippen LogP contribution in [0, 0.1) is 5.21 Å². The molecule has 1 fully saturated rings. The number of unbranched alkanes of at least 4 members (excludes halogenated alkanes) is 1. The number of aromatic nitrogens is 1. The summed E-state index contributed by atoms with van der Waals surface area (Å²) in [6.45, 7) is 5.42. The lowest BCUT2D eigenvalue weighted by Gasteiger charge is -2.40. The minimum absolute atomic E-state index is 0.274. The van der Waals surface area contributed by atoms with E-state index in [2.05, 4.69) is 16.9 Å². The zero-order valence-electron chi connectivity index (χ0n) is 14.0. The highest BCUT2D eigenvalue weighted by Crippen LogP contribution is 2.38. The first-order chi connectivity index (χ1) is 12.1. The number of rotatable bonds is 8. The normalized spacial score (nSPS) is 24.2. The van der Waals surface area contributed by atoms with Crippen LogP contribution >= 0.6 is 34.5 Å². The first kappa shape index (κ1) is 19.0. The lowest BCUT2D eigenvalue weighted by atomic mass is 10.2. The van der Waals surface area contributed by atoms with E-state index in [1.807, 2.05) is 29.2 Å². The predicted octanol–water partition coefficient (Wildman–Crippen LogP) is 4.19. The molecule has 0 amide bonds. The van der Waals surface area contributed by atoms with Crippen molar-refractivity contribution in [2.24, 2.45) is 0 Å². The zero-order valence-corrected chi connectivity index (χ0v) is 16.3. The number of benzene rings is 1. The van der Waals surface area contributed by atoms with E-state index in [0.717, 1.165) is 35.2 Å². The van der Waals surface area contributed by atoms with E-state index in [4.69, 9.17) is 23.2 Å². The molecule has 136 valence electrons. The lowest BCUT2D eigenvalue weighted by molar-refractivity contribution is 0.286. The summed E-state index contributed by atoms with van der Waals surface area (Å²) in [6, 6.07) is 6.18. The fraction of sp³-hybridized carbons (Fsp3) is 0.471. The van der Waals surface area contributed by atoms with E-state index in [1.165, 1.54) is 11.3 Å². The van der Waals surface area contributed by atoms with Crippen molar-refractivity contribution in [2.75, 3.05) is 25.8 Å². The van der Waals surface area contributed by atoms with Gasteiger partial charge in [0.15, 0.2) is 6.17 Å². The third kappa shape index (κ3) is 3.85. The highest BCUT2D eigenvalue weighted by atomic mass is 35.5. The van der Waals surface area contributed by atoms with E-state index in [0.29, 0.717) is 30.2 Å². The van der Waals surface area contributed by atoms with Gasteiger partial charge in [0.1, 0.15) is 6.67 Å². The molecule has 0 aliphatic carbocycles. The molecule has 2 aromatic rings. The topological polar surface area (TPSA) is 51.2 Å². The van der Waals surface area contributed by atoms with Gasteiger partial charge in [-0.1, -0.05) is 29.5 Å². The van der Waals surface area contributed by atoms with Crippen LogP contribution in [-0.4, -0.2) is 41.8 Å². The number of nitrogens with zero attached hydrogens (tertiary/aromatic N) is 3. The van der Waals surface area contributed by atoms with Crippen LogP contribution in [0.2, 0.25) is 0 Å². The second-order valence-electron chi connectivity index (χ2n) is 6.21. The summed E-state index contributed by atoms with van der Waals surface area (Å²) < 4.78 is 0.484. The summed E-state index contributed by atoms with van der Waals surface area (Å²) in [5.74, 6) is 0.412. The van der Waals surface area contributed by atoms with Gasteiger partial charge in [0.25, 0.3) is 5.13 Å². The molecule has 0 saturated carbocycles. The molecule has 25 heavy (non-hydrogen) atoms. The average Bonchev–Trinajstić information content (AvgIpc) is 3.20. The molecule has 1 saturated heterocycles. The summed E-state index contributed by atoms with van der Waals surface area (Å²) in [7, 11) is 0. The molecule has 1 aromatic heterocycles. The number of fused-ring (bicyclic) bond motifs is 1. The molecule has 2 unspecified atom stereocenters. The molecule has 3 rings (SSSR count). The number of allylic oxidation sites excluding steroid dienone is 1. The van der Waals surface area contributed by atoms with Crippen LogP contribution < -0.4 is 9.96 Å². The lowest BCUT2D eigenvalue weighted by Crippen LogP contribution is -2.56. The van der Waals surface area contributed by atoms with Crippen LogP contribution in [0.4, 0.5) is 5.13 Å². The second-order valence-corrected chi connectivity index (χ2v) is 7.69. The maximum absolute atomic E-state index is 13.7. The van der Waals surface area contributed by atoms with Crippen LogP contribution in [0.5, 0.6) is 0 Å². The van der Waals surface area contributed by atoms with E-state index in [-0.39, 0.29) is 6.17 Å². The van der Waals surface area contributed by atoms with E-state index >= 15 is 0 Å². The van der Waals surface area contributed by atoms with Crippen molar-refractivity contribution in [3.63, 3.8) is 0 Å². The number of hydroxylamine groups is 2. The van der Waals surface area contributed by atoms with E-state index in [9.17, 15) is 5.21 Å². The number of halogens is 2.